The summed E-state index contributed by atoms with van der Waals surface area (Å²) in [6.07, 6.45) is 2.76. The van der Waals surface area contributed by atoms with Gasteiger partial charge in [-0.1, -0.05) is 17.7 Å². The zero-order valence-electron chi connectivity index (χ0n) is 12.2. The normalized spacial score (nSPS) is 17.1. The van der Waals surface area contributed by atoms with Crippen LogP contribution in [0.2, 0.25) is 5.02 Å². The molecule has 23 heavy (non-hydrogen) atoms. The van der Waals surface area contributed by atoms with Crippen molar-refractivity contribution in [1.82, 2.24) is 10.2 Å². The van der Waals surface area contributed by atoms with Gasteiger partial charge in [0.05, 0.1) is 11.8 Å². The van der Waals surface area contributed by atoms with Crippen molar-refractivity contribution >= 4 is 28.9 Å². The number of nitrogens with zero attached hydrogens (tertiary/aromatic N) is 1. The summed E-state index contributed by atoms with van der Waals surface area (Å²) in [6.45, 7) is 0. The van der Waals surface area contributed by atoms with E-state index in [-0.39, 0.29) is 11.7 Å². The molecule has 1 aliphatic carbocycles. The van der Waals surface area contributed by atoms with Crippen LogP contribution in [0.4, 0.5) is 11.5 Å². The molecule has 1 aromatic carbocycles. The highest BCUT2D eigenvalue weighted by atomic mass is 35.5. The monoisotopic (exact) mass is 327 g/mol. The average molecular weight is 328 g/mol. The van der Waals surface area contributed by atoms with Gasteiger partial charge >= 0.3 is 0 Å². The van der Waals surface area contributed by atoms with Gasteiger partial charge in [-0.15, -0.1) is 0 Å². The van der Waals surface area contributed by atoms with Gasteiger partial charge in [0.15, 0.2) is 11.6 Å². The van der Waals surface area contributed by atoms with Crippen LogP contribution in [0.3, 0.4) is 0 Å². The van der Waals surface area contributed by atoms with Gasteiger partial charge in [-0.05, 0) is 30.3 Å². The van der Waals surface area contributed by atoms with Crippen LogP contribution in [0.15, 0.2) is 47.1 Å². The third kappa shape index (κ3) is 2.64. The van der Waals surface area contributed by atoms with E-state index in [4.69, 9.17) is 16.0 Å². The van der Waals surface area contributed by atoms with Crippen LogP contribution in [0, 0.1) is 0 Å². The molecule has 0 bridgehead atoms. The van der Waals surface area contributed by atoms with Crippen molar-refractivity contribution in [2.75, 3.05) is 5.32 Å². The van der Waals surface area contributed by atoms with Crippen LogP contribution in [0.5, 0.6) is 0 Å². The third-order valence-electron chi connectivity index (χ3n) is 4.04. The maximum absolute atomic E-state index is 12.6. The number of nitrogens with one attached hydrogen (secondary N) is 2. The molecular weight excluding hydrogens is 314 g/mol. The summed E-state index contributed by atoms with van der Waals surface area (Å²) in [4.78, 5) is 12.6. The summed E-state index contributed by atoms with van der Waals surface area (Å²) in [6, 6.07) is 11.1. The molecule has 0 fully saturated rings. The molecule has 0 aliphatic heterocycles. The Morgan fingerprint density at radius 3 is 2.96 bits per heavy atom. The second-order valence-corrected chi connectivity index (χ2v) is 6.04. The highest BCUT2D eigenvalue weighted by molar-refractivity contribution is 6.30. The lowest BCUT2D eigenvalue weighted by molar-refractivity contribution is 0.0961. The molecule has 1 aliphatic rings. The highest BCUT2D eigenvalue weighted by Gasteiger charge is 2.32. The second-order valence-electron chi connectivity index (χ2n) is 5.60. The zero-order valence-corrected chi connectivity index (χ0v) is 12.9. The van der Waals surface area contributed by atoms with Gasteiger partial charge in [-0.25, -0.2) is 0 Å². The number of halogens is 1. The number of ketones is 1. The van der Waals surface area contributed by atoms with E-state index in [0.717, 1.165) is 17.1 Å². The minimum Gasteiger partial charge on any atom is -0.469 e. The quantitative estimate of drug-likeness (QED) is 0.752. The van der Waals surface area contributed by atoms with E-state index in [0.29, 0.717) is 29.2 Å². The van der Waals surface area contributed by atoms with E-state index in [1.165, 1.54) is 0 Å². The highest BCUT2D eigenvalue weighted by Crippen LogP contribution is 2.35. The Balaban J connectivity index is 1.63. The molecule has 2 aromatic heterocycles. The van der Waals surface area contributed by atoms with Crippen LogP contribution in [0.1, 0.15) is 34.2 Å². The number of H-pyrrole nitrogens is 1. The van der Waals surface area contributed by atoms with Crippen LogP contribution >= 0.6 is 11.6 Å². The van der Waals surface area contributed by atoms with E-state index in [1.807, 2.05) is 24.3 Å². The number of benzene rings is 1. The van der Waals surface area contributed by atoms with Gasteiger partial charge in [-0.2, -0.15) is 5.10 Å². The molecule has 0 spiro atoms. The molecule has 0 saturated carbocycles. The van der Waals surface area contributed by atoms with Gasteiger partial charge in [-0.3, -0.25) is 9.89 Å². The molecule has 6 heteroatoms. The molecule has 2 heterocycles. The first-order valence-electron chi connectivity index (χ1n) is 7.37. The van der Waals surface area contributed by atoms with Crippen LogP contribution in [-0.2, 0) is 6.42 Å². The molecule has 1 atom stereocenters. The summed E-state index contributed by atoms with van der Waals surface area (Å²) in [7, 11) is 0. The molecule has 0 saturated heterocycles. The number of fused-ring (bicyclic) bond motifs is 1. The van der Waals surface area contributed by atoms with Crippen molar-refractivity contribution < 1.29 is 9.21 Å². The SMILES string of the molecule is O=C1CC(c2ccco2)Cc2[nH]nc(Nc3cccc(Cl)c3)c21. The topological polar surface area (TPSA) is 70.9 Å². The maximum atomic E-state index is 12.6. The number of Topliss-reactive ketones (excluding diaryl/α,β-unsaturated/α-hetero) is 1. The first kappa shape index (κ1) is 14.1. The predicted octanol–water partition coefficient (Wildman–Crippen LogP) is 4.31. The van der Waals surface area contributed by atoms with Crippen LogP contribution in [-0.4, -0.2) is 16.0 Å². The Hall–Kier alpha value is -2.53. The van der Waals surface area contributed by atoms with Crippen molar-refractivity contribution in [3.05, 3.63) is 64.7 Å². The minimum absolute atomic E-state index is 0.0597. The Labute approximate surface area is 137 Å². The van der Waals surface area contributed by atoms with Gasteiger partial charge in [0.1, 0.15) is 5.76 Å². The lowest BCUT2D eigenvalue weighted by Gasteiger charge is -2.19. The largest absolute Gasteiger partial charge is 0.469 e. The smallest absolute Gasteiger partial charge is 0.169 e. The Morgan fingerprint density at radius 1 is 1.26 bits per heavy atom. The van der Waals surface area contributed by atoms with Gasteiger partial charge in [0, 0.05) is 35.2 Å². The lowest BCUT2D eigenvalue weighted by Crippen LogP contribution is -2.18. The molecule has 2 N–H and O–H groups in total. The number of aromatic nitrogens is 2. The Bertz CT molecular complexity index is 855. The van der Waals surface area contributed by atoms with Crippen molar-refractivity contribution in [3.8, 4) is 0 Å². The number of carbonyl (C=O) groups excluding carboxylic acids is 1. The lowest BCUT2D eigenvalue weighted by atomic mass is 9.85. The molecule has 1 unspecified atom stereocenters. The van der Waals surface area contributed by atoms with E-state index in [1.54, 1.807) is 18.4 Å². The summed E-state index contributed by atoms with van der Waals surface area (Å²) in [5.41, 5.74) is 2.27. The fraction of sp³-hybridized carbons (Fsp3) is 0.176. The number of rotatable bonds is 3. The first-order valence-corrected chi connectivity index (χ1v) is 7.75. The number of hydrogen-bond acceptors (Lipinski definition) is 4. The summed E-state index contributed by atoms with van der Waals surface area (Å²) >= 11 is 5.99. The number of hydrogen-bond donors (Lipinski definition) is 2. The van der Waals surface area contributed by atoms with Crippen molar-refractivity contribution in [1.29, 1.82) is 0 Å². The van der Waals surface area contributed by atoms with Crippen LogP contribution < -0.4 is 5.32 Å². The van der Waals surface area contributed by atoms with Crippen molar-refractivity contribution in [3.63, 3.8) is 0 Å². The third-order valence-corrected chi connectivity index (χ3v) is 4.27. The van der Waals surface area contributed by atoms with Crippen molar-refractivity contribution in [2.24, 2.45) is 0 Å². The molecule has 4 rings (SSSR count). The zero-order chi connectivity index (χ0) is 15.8. The number of aromatic amines is 1. The standard InChI is InChI=1S/C17H14ClN3O2/c18-11-3-1-4-12(9-11)19-17-16-13(20-21-17)7-10(8-14(16)22)15-5-2-6-23-15/h1-6,9-10H,7-8H2,(H2,19,20,21). The molecule has 0 radical (unpaired) electrons. The number of furan rings is 1. The second kappa shape index (κ2) is 5.59. The molecule has 5 nitrogen and oxygen atoms in total. The van der Waals surface area contributed by atoms with Gasteiger partial charge in [0.2, 0.25) is 0 Å². The molecular formula is C17H14ClN3O2. The molecule has 0 amide bonds. The maximum Gasteiger partial charge on any atom is 0.169 e. The predicted molar refractivity (Wildman–Crippen MR) is 87.4 cm³/mol. The Morgan fingerprint density at radius 2 is 2.17 bits per heavy atom. The number of anilines is 2. The van der Waals surface area contributed by atoms with E-state index in [2.05, 4.69) is 15.5 Å². The summed E-state index contributed by atoms with van der Waals surface area (Å²) < 4.78 is 5.44. The molecule has 116 valence electrons. The molecule has 3 aromatic rings. The number of carbonyl (C=O) groups is 1. The average Bonchev–Trinajstić information content (AvgIpc) is 3.17. The van der Waals surface area contributed by atoms with E-state index < -0.39 is 0 Å². The Kier molecular flexibility index (Phi) is 3.42. The van der Waals surface area contributed by atoms with E-state index >= 15 is 0 Å². The van der Waals surface area contributed by atoms with Gasteiger partial charge in [0.25, 0.3) is 0 Å². The van der Waals surface area contributed by atoms with Crippen LogP contribution in [0.25, 0.3) is 0 Å². The minimum atomic E-state index is 0.0597. The fourth-order valence-electron chi connectivity index (χ4n) is 2.99. The summed E-state index contributed by atoms with van der Waals surface area (Å²) in [5.74, 6) is 1.50. The summed E-state index contributed by atoms with van der Waals surface area (Å²) in [5, 5.41) is 11.0. The van der Waals surface area contributed by atoms with E-state index in [9.17, 15) is 4.79 Å². The fourth-order valence-corrected chi connectivity index (χ4v) is 3.18. The first-order chi connectivity index (χ1) is 11.2. The van der Waals surface area contributed by atoms with Crippen molar-refractivity contribution in [2.45, 2.75) is 18.8 Å². The van der Waals surface area contributed by atoms with Gasteiger partial charge < -0.3 is 9.73 Å².